The maximum Gasteiger partial charge on any atom is 0.220 e. The SMILES string of the molecule is CC1=C2N=C(C=C3N/C(=C(/C)C4=N[C@@](C)([C@@H]5N=C1[C@](C)(CCC(=O)NCC(C)O)[C@H]5CC(N)=O)[C@@](C)(CC(N)=O)[C@@H]4CCC(N)=O)[C@@](C)(CC(N)=O)[C@@H]3CCC(N)=O)C(C)(C)[C@@H]2CCC(N)=O. The Balaban J connectivity index is 2.00. The minimum atomic E-state index is -1.39. The predicted octanol–water partition coefficient (Wildman–Crippen LogP) is 1.74. The number of allylic oxidation sites excluding steroid dienone is 6. The number of nitrogens with one attached hydrogen (secondary N) is 2. The molecule has 19 nitrogen and oxygen atoms in total. The van der Waals surface area contributed by atoms with Crippen LogP contribution in [0.4, 0.5) is 0 Å². The smallest absolute Gasteiger partial charge is 0.220 e. The highest BCUT2D eigenvalue weighted by atomic mass is 16.3. The van der Waals surface area contributed by atoms with Gasteiger partial charge in [0.05, 0.1) is 17.7 Å². The third-order valence-corrected chi connectivity index (χ3v) is 16.1. The predicted molar refractivity (Wildman–Crippen MR) is 254 cm³/mol. The van der Waals surface area contributed by atoms with Crippen molar-refractivity contribution in [2.75, 3.05) is 6.54 Å². The minimum absolute atomic E-state index is 0.0237. The second kappa shape index (κ2) is 19.1. The summed E-state index contributed by atoms with van der Waals surface area (Å²) in [6.07, 6.45) is 1.23. The monoisotopic (exact) mass is 932 g/mol. The molecule has 0 aliphatic carbocycles. The summed E-state index contributed by atoms with van der Waals surface area (Å²) in [4.78, 5) is 108. The molecule has 15 N–H and O–H groups in total. The van der Waals surface area contributed by atoms with Crippen molar-refractivity contribution in [3.05, 3.63) is 34.3 Å². The first-order valence-electron chi connectivity index (χ1n) is 23.3. The zero-order valence-corrected chi connectivity index (χ0v) is 40.6. The number of nitrogens with zero attached hydrogens (tertiary/aromatic N) is 3. The van der Waals surface area contributed by atoms with Crippen LogP contribution in [0.25, 0.3) is 0 Å². The van der Waals surface area contributed by atoms with Gasteiger partial charge in [0.1, 0.15) is 0 Å². The number of hydrogen-bond donors (Lipinski definition) is 9. The first kappa shape index (κ1) is 52.3. The zero-order chi connectivity index (χ0) is 50.4. The van der Waals surface area contributed by atoms with Crippen LogP contribution in [-0.2, 0) is 33.6 Å². The standard InChI is InChI=1S/C48H73N11O8/c1-23(60)22-55-38(67)16-17-45(6)29(18-35(52)64)43-48(9)47(8,21-37(54)66)28(12-15-34(51)63)40(59-48)25(3)42-46(7,20-36(53)65)26(10-13-32(49)61)30(56-42)19-31-44(4,5)27(11-14-33(50)62)39(57-31)24(2)41(45)58-43/h19,23,26-29,43,56,60H,10-18,20-22H2,1-9H3,(H2,49,61)(H2,50,62)(H2,51,63)(H2,52,64)(H2,53,65)(H2,54,66)(H,55,67)/b30-19?,39-24?,42-25-/t23?,26-,27-,28-,29+,43-,45-,46+,47+,48+/m1/s1. The van der Waals surface area contributed by atoms with E-state index in [4.69, 9.17) is 49.4 Å². The molecule has 1 fully saturated rings. The van der Waals surface area contributed by atoms with Crippen LogP contribution in [-0.4, -0.2) is 87.8 Å². The highest BCUT2D eigenvalue weighted by molar-refractivity contribution is 6.10. The average Bonchev–Trinajstić information content (AvgIpc) is 3.80. The molecule has 10 atom stereocenters. The summed E-state index contributed by atoms with van der Waals surface area (Å²) in [5.41, 5.74) is 34.9. The molecule has 8 bridgehead atoms. The summed E-state index contributed by atoms with van der Waals surface area (Å²) >= 11 is 0. The minimum Gasteiger partial charge on any atom is -0.392 e. The van der Waals surface area contributed by atoms with Crippen molar-refractivity contribution in [3.63, 3.8) is 0 Å². The van der Waals surface area contributed by atoms with Gasteiger partial charge in [-0.25, -0.2) is 0 Å². The number of aliphatic hydroxyl groups is 1. The van der Waals surface area contributed by atoms with Crippen LogP contribution in [0.5, 0.6) is 0 Å². The number of carbonyl (C=O) groups excluding carboxylic acids is 7. The van der Waals surface area contributed by atoms with E-state index in [0.29, 0.717) is 51.8 Å². The Morgan fingerprint density at radius 3 is 1.81 bits per heavy atom. The van der Waals surface area contributed by atoms with Gasteiger partial charge in [0.25, 0.3) is 0 Å². The lowest BCUT2D eigenvalue weighted by Gasteiger charge is -2.48. The quantitative estimate of drug-likeness (QED) is 0.0857. The number of amides is 7. The number of primary amides is 6. The molecule has 0 aromatic heterocycles. The molecule has 0 saturated carbocycles. The molecule has 5 aliphatic heterocycles. The van der Waals surface area contributed by atoms with E-state index in [0.717, 1.165) is 0 Å². The van der Waals surface area contributed by atoms with Crippen molar-refractivity contribution in [2.24, 2.45) is 94.7 Å². The molecular formula is C48H73N11O8. The molecule has 19 heteroatoms. The maximum atomic E-state index is 13.5. The number of carbonyl (C=O) groups is 7. The summed E-state index contributed by atoms with van der Waals surface area (Å²) in [5, 5.41) is 16.4. The molecule has 7 amide bonds. The molecular weight excluding hydrogens is 859 g/mol. The third-order valence-electron chi connectivity index (χ3n) is 16.1. The van der Waals surface area contributed by atoms with Gasteiger partial charge in [-0.2, -0.15) is 0 Å². The van der Waals surface area contributed by atoms with Gasteiger partial charge in [-0.05, 0) is 70.6 Å². The normalized spacial score (nSPS) is 33.3. The lowest BCUT2D eigenvalue weighted by Crippen LogP contribution is -2.56. The number of fused-ring (bicyclic) bond motifs is 6. The Kier molecular flexibility index (Phi) is 14.9. The second-order valence-corrected chi connectivity index (χ2v) is 21.2. The molecule has 1 unspecified atom stereocenters. The van der Waals surface area contributed by atoms with Crippen molar-refractivity contribution in [3.8, 4) is 0 Å². The van der Waals surface area contributed by atoms with Gasteiger partial charge < -0.3 is 50.1 Å². The second-order valence-electron chi connectivity index (χ2n) is 21.2. The Labute approximate surface area is 393 Å². The van der Waals surface area contributed by atoms with Crippen molar-refractivity contribution in [1.82, 2.24) is 10.6 Å². The Morgan fingerprint density at radius 1 is 0.731 bits per heavy atom. The summed E-state index contributed by atoms with van der Waals surface area (Å²) in [6.45, 7) is 16.9. The summed E-state index contributed by atoms with van der Waals surface area (Å²) in [6, 6.07) is -0.913. The van der Waals surface area contributed by atoms with Gasteiger partial charge in [-0.1, -0.05) is 34.6 Å². The van der Waals surface area contributed by atoms with E-state index in [-0.39, 0.29) is 76.7 Å². The van der Waals surface area contributed by atoms with Crippen molar-refractivity contribution in [1.29, 1.82) is 0 Å². The Hall–Kier alpha value is -5.72. The molecule has 5 aliphatic rings. The summed E-state index contributed by atoms with van der Waals surface area (Å²) in [7, 11) is 0. The third kappa shape index (κ3) is 9.84. The first-order chi connectivity index (χ1) is 30.9. The van der Waals surface area contributed by atoms with Crippen LogP contribution >= 0.6 is 0 Å². The number of hydrogen-bond acceptors (Lipinski definition) is 12. The van der Waals surface area contributed by atoms with Crippen LogP contribution in [0.15, 0.2) is 49.3 Å². The lowest BCUT2D eigenvalue weighted by molar-refractivity contribution is -0.124. The number of aliphatic imine (C=N–C) groups is 3. The number of aliphatic hydroxyl groups excluding tert-OH is 1. The van der Waals surface area contributed by atoms with Gasteiger partial charge in [0.15, 0.2) is 0 Å². The van der Waals surface area contributed by atoms with Gasteiger partial charge in [-0.15, -0.1) is 0 Å². The molecule has 0 aromatic rings. The molecule has 368 valence electrons. The Bertz CT molecular complexity index is 2310. The lowest BCUT2D eigenvalue weighted by atomic mass is 9.55. The average molecular weight is 932 g/mol. The topological polar surface area (TPSA) is 357 Å². The molecule has 0 spiro atoms. The summed E-state index contributed by atoms with van der Waals surface area (Å²) in [5.74, 6) is -6.25. The summed E-state index contributed by atoms with van der Waals surface area (Å²) < 4.78 is 0. The van der Waals surface area contributed by atoms with Gasteiger partial charge in [0, 0.05) is 131 Å². The highest BCUT2D eigenvalue weighted by Crippen LogP contribution is 2.62. The van der Waals surface area contributed by atoms with E-state index in [1.165, 1.54) is 0 Å². The van der Waals surface area contributed by atoms with Crippen molar-refractivity contribution in [2.45, 2.75) is 151 Å². The fourth-order valence-corrected chi connectivity index (χ4v) is 12.3. The maximum absolute atomic E-state index is 13.5. The molecule has 5 rings (SSSR count). The molecule has 5 heterocycles. The van der Waals surface area contributed by atoms with E-state index in [9.17, 15) is 38.7 Å². The van der Waals surface area contributed by atoms with Crippen LogP contribution in [0.2, 0.25) is 0 Å². The van der Waals surface area contributed by atoms with E-state index in [1.807, 2.05) is 61.5 Å². The zero-order valence-electron chi connectivity index (χ0n) is 40.6. The van der Waals surface area contributed by atoms with E-state index in [2.05, 4.69) is 10.6 Å². The van der Waals surface area contributed by atoms with E-state index >= 15 is 0 Å². The number of rotatable bonds is 20. The molecule has 0 radical (unpaired) electrons. The van der Waals surface area contributed by atoms with Gasteiger partial charge in [0.2, 0.25) is 41.4 Å². The van der Waals surface area contributed by atoms with Crippen molar-refractivity contribution >= 4 is 58.5 Å². The molecule has 0 aromatic carbocycles. The molecule has 67 heavy (non-hydrogen) atoms. The van der Waals surface area contributed by atoms with Crippen LogP contribution in [0.3, 0.4) is 0 Å². The van der Waals surface area contributed by atoms with Crippen molar-refractivity contribution < 1.29 is 38.7 Å². The number of nitrogens with two attached hydrogens (primary N) is 6. The fourth-order valence-electron chi connectivity index (χ4n) is 12.3. The first-order valence-corrected chi connectivity index (χ1v) is 23.3. The fraction of sp³-hybridized carbons (Fsp3) is 0.667. The van der Waals surface area contributed by atoms with Gasteiger partial charge >= 0.3 is 0 Å². The van der Waals surface area contributed by atoms with Crippen LogP contribution in [0.1, 0.15) is 133 Å². The van der Waals surface area contributed by atoms with Crippen LogP contribution in [0, 0.1) is 45.3 Å². The van der Waals surface area contributed by atoms with E-state index < -0.39 is 98.5 Å². The Morgan fingerprint density at radius 2 is 1.28 bits per heavy atom. The van der Waals surface area contributed by atoms with E-state index in [1.54, 1.807) is 6.92 Å². The van der Waals surface area contributed by atoms with Crippen LogP contribution < -0.4 is 45.0 Å². The van der Waals surface area contributed by atoms with Gasteiger partial charge in [-0.3, -0.25) is 48.5 Å². The highest BCUT2D eigenvalue weighted by Gasteiger charge is 2.66. The molecule has 1 saturated heterocycles. The largest absolute Gasteiger partial charge is 0.392 e.